The Morgan fingerprint density at radius 3 is 2.68 bits per heavy atom. The maximum Gasteiger partial charge on any atom is 0.245 e. The largest absolute Gasteiger partial charge is 0.486 e. The van der Waals surface area contributed by atoms with E-state index in [1.807, 2.05) is 37.3 Å². The zero-order chi connectivity index (χ0) is 16.1. The lowest BCUT2D eigenvalue weighted by Gasteiger charge is -2.12. The average molecular weight is 400 g/mol. The Morgan fingerprint density at radius 2 is 2.05 bits per heavy atom. The monoisotopic (exact) mass is 398 g/mol. The topological polar surface area (TPSA) is 26.3 Å². The second kappa shape index (κ2) is 7.82. The Hall–Kier alpha value is -1.29. The van der Waals surface area contributed by atoms with Crippen molar-refractivity contribution >= 4 is 50.5 Å². The normalized spacial score (nSPS) is 10.9. The molecular formula is C17H13BrCl2O2. The van der Waals surface area contributed by atoms with Gasteiger partial charge in [0.15, 0.2) is 5.75 Å². The van der Waals surface area contributed by atoms with Crippen molar-refractivity contribution < 1.29 is 9.53 Å². The maximum atomic E-state index is 10.8. The molecule has 0 atom stereocenters. The van der Waals surface area contributed by atoms with Gasteiger partial charge in [0.05, 0.1) is 9.50 Å². The highest BCUT2D eigenvalue weighted by Crippen LogP contribution is 2.35. The van der Waals surface area contributed by atoms with Crippen molar-refractivity contribution in [1.29, 1.82) is 0 Å². The van der Waals surface area contributed by atoms with Gasteiger partial charge in [-0.3, -0.25) is 4.79 Å². The first-order valence-electron chi connectivity index (χ1n) is 6.51. The van der Waals surface area contributed by atoms with Gasteiger partial charge in [-0.15, -0.1) is 0 Å². The van der Waals surface area contributed by atoms with Crippen LogP contribution in [0.3, 0.4) is 0 Å². The van der Waals surface area contributed by atoms with Gasteiger partial charge >= 0.3 is 0 Å². The fraction of sp³-hybridized carbons (Fsp3) is 0.118. The van der Waals surface area contributed by atoms with Crippen LogP contribution in [0.15, 0.2) is 46.9 Å². The summed E-state index contributed by atoms with van der Waals surface area (Å²) in [6.45, 7) is 2.47. The molecule has 5 heteroatoms. The molecule has 0 aromatic heterocycles. The van der Waals surface area contributed by atoms with Gasteiger partial charge in [0.25, 0.3) is 0 Å². The van der Waals surface area contributed by atoms with Crippen LogP contribution in [0.5, 0.6) is 5.75 Å². The van der Waals surface area contributed by atoms with Crippen LogP contribution in [0, 0.1) is 6.92 Å². The number of carbonyl (C=O) groups excluding carboxylic acids is 1. The molecule has 2 aromatic rings. The van der Waals surface area contributed by atoms with E-state index in [9.17, 15) is 4.79 Å². The number of aryl methyl sites for hydroxylation is 1. The highest BCUT2D eigenvalue weighted by molar-refractivity contribution is 9.10. The molecule has 2 aromatic carbocycles. The van der Waals surface area contributed by atoms with Crippen LogP contribution < -0.4 is 4.74 Å². The molecule has 0 aliphatic heterocycles. The smallest absolute Gasteiger partial charge is 0.245 e. The third kappa shape index (κ3) is 4.60. The lowest BCUT2D eigenvalue weighted by molar-refractivity contribution is -0.107. The van der Waals surface area contributed by atoms with Gasteiger partial charge in [-0.05, 0) is 69.4 Å². The molecule has 0 amide bonds. The first-order chi connectivity index (χ1) is 10.5. The molecule has 2 nitrogen and oxygen atoms in total. The van der Waals surface area contributed by atoms with Gasteiger partial charge in [0.1, 0.15) is 6.61 Å². The zero-order valence-corrected chi connectivity index (χ0v) is 14.9. The molecule has 0 spiro atoms. The number of hydrogen-bond donors (Lipinski definition) is 0. The minimum absolute atomic E-state index is 0.431. The molecule has 2 rings (SSSR count). The molecular weight excluding hydrogens is 387 g/mol. The van der Waals surface area contributed by atoms with Crippen LogP contribution in [0.4, 0.5) is 0 Å². The fourth-order valence-corrected chi connectivity index (χ4v) is 2.95. The van der Waals surface area contributed by atoms with E-state index in [4.69, 9.17) is 27.9 Å². The van der Waals surface area contributed by atoms with Crippen molar-refractivity contribution in [2.45, 2.75) is 13.5 Å². The fourth-order valence-electron chi connectivity index (χ4n) is 1.90. The van der Waals surface area contributed by atoms with Gasteiger partial charge in [-0.1, -0.05) is 41.9 Å². The van der Waals surface area contributed by atoms with Crippen molar-refractivity contribution in [3.8, 4) is 5.75 Å². The maximum absolute atomic E-state index is 10.8. The highest BCUT2D eigenvalue weighted by atomic mass is 79.9. The SMILES string of the molecule is Cc1ccccc1COc1c(Cl)cc(/C=C/C(=O)Cl)cc1Br. The van der Waals surface area contributed by atoms with E-state index in [0.29, 0.717) is 17.4 Å². The predicted octanol–water partition coefficient (Wildman–Crippen LogP) is 5.77. The molecule has 22 heavy (non-hydrogen) atoms. The van der Waals surface area contributed by atoms with Gasteiger partial charge in [-0.2, -0.15) is 0 Å². The summed E-state index contributed by atoms with van der Waals surface area (Å²) in [6.07, 6.45) is 2.87. The van der Waals surface area contributed by atoms with Gasteiger partial charge in [-0.25, -0.2) is 0 Å². The third-order valence-corrected chi connectivity index (χ3v) is 4.06. The highest BCUT2D eigenvalue weighted by Gasteiger charge is 2.09. The molecule has 0 aliphatic rings. The number of carbonyl (C=O) groups is 1. The number of hydrogen-bond acceptors (Lipinski definition) is 2. The summed E-state index contributed by atoms with van der Waals surface area (Å²) >= 11 is 15.0. The van der Waals surface area contributed by atoms with Gasteiger partial charge < -0.3 is 4.74 Å². The van der Waals surface area contributed by atoms with E-state index >= 15 is 0 Å². The van der Waals surface area contributed by atoms with Crippen molar-refractivity contribution in [1.82, 2.24) is 0 Å². The van der Waals surface area contributed by atoms with E-state index in [0.717, 1.165) is 21.2 Å². The van der Waals surface area contributed by atoms with Crippen molar-refractivity contribution in [3.05, 3.63) is 68.7 Å². The molecule has 0 aliphatic carbocycles. The number of benzene rings is 2. The van der Waals surface area contributed by atoms with Crippen LogP contribution >= 0.6 is 39.1 Å². The van der Waals surface area contributed by atoms with Crippen LogP contribution in [0.1, 0.15) is 16.7 Å². The van der Waals surface area contributed by atoms with E-state index in [2.05, 4.69) is 15.9 Å². The molecule has 114 valence electrons. The zero-order valence-electron chi connectivity index (χ0n) is 11.8. The number of rotatable bonds is 5. The lowest BCUT2D eigenvalue weighted by Crippen LogP contribution is -1.99. The summed E-state index contributed by atoms with van der Waals surface area (Å²) < 4.78 is 6.54. The Bertz CT molecular complexity index is 703. The molecule has 0 saturated heterocycles. The molecule has 0 saturated carbocycles. The molecule has 0 unspecified atom stereocenters. The third-order valence-electron chi connectivity index (χ3n) is 3.06. The first-order valence-corrected chi connectivity index (χ1v) is 8.06. The second-order valence-corrected chi connectivity index (χ2v) is 6.30. The van der Waals surface area contributed by atoms with Crippen LogP contribution in [0.25, 0.3) is 6.08 Å². The molecule has 0 heterocycles. The summed E-state index contributed by atoms with van der Waals surface area (Å²) in [7, 11) is 0. The van der Waals surface area contributed by atoms with Gasteiger partial charge in [0, 0.05) is 0 Å². The molecule has 0 N–H and O–H groups in total. The second-order valence-electron chi connectivity index (χ2n) is 4.67. The summed E-state index contributed by atoms with van der Waals surface area (Å²) in [5.41, 5.74) is 3.02. The number of ether oxygens (including phenoxy) is 1. The Morgan fingerprint density at radius 1 is 1.32 bits per heavy atom. The minimum Gasteiger partial charge on any atom is -0.486 e. The van der Waals surface area contributed by atoms with E-state index < -0.39 is 5.24 Å². The molecule has 0 radical (unpaired) electrons. The van der Waals surface area contributed by atoms with E-state index in [1.165, 1.54) is 6.08 Å². The summed E-state index contributed by atoms with van der Waals surface area (Å²) in [5.74, 6) is 0.569. The minimum atomic E-state index is -0.535. The van der Waals surface area contributed by atoms with E-state index in [-0.39, 0.29) is 0 Å². The van der Waals surface area contributed by atoms with Crippen molar-refractivity contribution in [3.63, 3.8) is 0 Å². The Labute approximate surface area is 147 Å². The van der Waals surface area contributed by atoms with E-state index in [1.54, 1.807) is 12.1 Å². The summed E-state index contributed by atoms with van der Waals surface area (Å²) in [6, 6.07) is 11.5. The predicted molar refractivity (Wildman–Crippen MR) is 94.6 cm³/mol. The lowest BCUT2D eigenvalue weighted by atomic mass is 10.1. The standard InChI is InChI=1S/C17H13BrCl2O2/c1-11-4-2-3-5-13(11)10-22-17-14(18)8-12(9-15(17)19)6-7-16(20)21/h2-9H,10H2,1H3/b7-6+. The van der Waals surface area contributed by atoms with Crippen molar-refractivity contribution in [2.75, 3.05) is 0 Å². The number of allylic oxidation sites excluding steroid dienone is 1. The summed E-state index contributed by atoms with van der Waals surface area (Å²) in [5, 5.41) is -0.0724. The van der Waals surface area contributed by atoms with Crippen LogP contribution in [0.2, 0.25) is 5.02 Å². The average Bonchev–Trinajstić information content (AvgIpc) is 2.46. The first kappa shape index (κ1) is 17.1. The summed E-state index contributed by atoms with van der Waals surface area (Å²) in [4.78, 5) is 10.8. The Balaban J connectivity index is 2.18. The van der Waals surface area contributed by atoms with Crippen LogP contribution in [-0.2, 0) is 11.4 Å². The molecule has 0 fully saturated rings. The molecule has 0 bridgehead atoms. The van der Waals surface area contributed by atoms with Crippen molar-refractivity contribution in [2.24, 2.45) is 0 Å². The van der Waals surface area contributed by atoms with Crippen LogP contribution in [-0.4, -0.2) is 5.24 Å². The Kier molecular flexibility index (Phi) is 6.07. The number of halogens is 3. The van der Waals surface area contributed by atoms with Gasteiger partial charge in [0.2, 0.25) is 5.24 Å². The quantitative estimate of drug-likeness (QED) is 0.471.